The summed E-state index contributed by atoms with van der Waals surface area (Å²) in [6, 6.07) is 9.71. The number of rotatable bonds is 7. The number of carbonyl (C=O) groups excluding carboxylic acids is 1. The van der Waals surface area contributed by atoms with Crippen LogP contribution < -0.4 is 5.73 Å². The number of hydrogen-bond donors (Lipinski definition) is 1. The average molecular weight is 273 g/mol. The van der Waals surface area contributed by atoms with E-state index in [1.807, 2.05) is 32.0 Å². The van der Waals surface area contributed by atoms with Gasteiger partial charge in [0.25, 0.3) is 0 Å². The van der Waals surface area contributed by atoms with Crippen LogP contribution in [0.3, 0.4) is 0 Å². The summed E-state index contributed by atoms with van der Waals surface area (Å²) in [5.41, 5.74) is 7.22. The molecule has 1 amide bonds. The van der Waals surface area contributed by atoms with Gasteiger partial charge in [-0.05, 0) is 38.3 Å². The minimum absolute atomic E-state index is 0.126. The molecular weight excluding hydrogens is 250 g/mol. The normalized spacial score (nSPS) is 11.7. The summed E-state index contributed by atoms with van der Waals surface area (Å²) in [4.78, 5) is 14.0. The van der Waals surface area contributed by atoms with Crippen molar-refractivity contribution in [3.8, 4) is 6.07 Å². The van der Waals surface area contributed by atoms with Crippen molar-refractivity contribution < 1.29 is 4.79 Å². The first-order chi connectivity index (χ1) is 9.58. The molecule has 1 aromatic rings. The quantitative estimate of drug-likeness (QED) is 0.829. The minimum atomic E-state index is 0.126. The van der Waals surface area contributed by atoms with E-state index >= 15 is 0 Å². The van der Waals surface area contributed by atoms with Gasteiger partial charge in [-0.3, -0.25) is 4.79 Å². The van der Waals surface area contributed by atoms with Crippen LogP contribution in [0.25, 0.3) is 0 Å². The molecule has 0 saturated carbocycles. The van der Waals surface area contributed by atoms with Gasteiger partial charge < -0.3 is 10.6 Å². The van der Waals surface area contributed by atoms with Gasteiger partial charge in [-0.1, -0.05) is 18.2 Å². The monoisotopic (exact) mass is 273 g/mol. The Morgan fingerprint density at radius 3 is 2.75 bits per heavy atom. The third-order valence-corrected chi connectivity index (χ3v) is 3.28. The summed E-state index contributed by atoms with van der Waals surface area (Å²) in [6.45, 7) is 5.05. The highest BCUT2D eigenvalue weighted by Gasteiger charge is 2.13. The lowest BCUT2D eigenvalue weighted by atomic mass is 10.1. The number of amides is 1. The summed E-state index contributed by atoms with van der Waals surface area (Å²) < 4.78 is 0. The van der Waals surface area contributed by atoms with Crippen LogP contribution in [0, 0.1) is 11.3 Å². The smallest absolute Gasteiger partial charge is 0.222 e. The molecule has 1 rings (SSSR count). The average Bonchev–Trinajstić information content (AvgIpc) is 2.44. The lowest BCUT2D eigenvalue weighted by Crippen LogP contribution is -2.30. The third kappa shape index (κ3) is 5.02. The molecular formula is C16H23N3O. The van der Waals surface area contributed by atoms with E-state index in [0.717, 1.165) is 18.4 Å². The fourth-order valence-electron chi connectivity index (χ4n) is 2.08. The second-order valence-electron chi connectivity index (χ2n) is 5.05. The van der Waals surface area contributed by atoms with E-state index in [0.29, 0.717) is 25.1 Å². The van der Waals surface area contributed by atoms with Gasteiger partial charge in [0.2, 0.25) is 5.91 Å². The van der Waals surface area contributed by atoms with E-state index in [1.54, 1.807) is 11.0 Å². The molecule has 20 heavy (non-hydrogen) atoms. The molecule has 1 atom stereocenters. The molecule has 0 fully saturated rings. The zero-order valence-electron chi connectivity index (χ0n) is 12.3. The van der Waals surface area contributed by atoms with E-state index in [-0.39, 0.29) is 11.9 Å². The van der Waals surface area contributed by atoms with Gasteiger partial charge >= 0.3 is 0 Å². The Bertz CT molecular complexity index is 477. The van der Waals surface area contributed by atoms with Crippen LogP contribution in [0.5, 0.6) is 0 Å². The first kappa shape index (κ1) is 16.2. The van der Waals surface area contributed by atoms with Crippen LogP contribution in [0.4, 0.5) is 0 Å². The van der Waals surface area contributed by atoms with E-state index in [2.05, 4.69) is 6.07 Å². The molecule has 108 valence electrons. The Hall–Kier alpha value is -1.86. The third-order valence-electron chi connectivity index (χ3n) is 3.28. The maximum atomic E-state index is 12.2. The molecule has 0 heterocycles. The minimum Gasteiger partial charge on any atom is -0.339 e. The van der Waals surface area contributed by atoms with Gasteiger partial charge in [0.15, 0.2) is 0 Å². The molecule has 4 nitrogen and oxygen atoms in total. The van der Waals surface area contributed by atoms with Gasteiger partial charge in [-0.2, -0.15) is 5.26 Å². The van der Waals surface area contributed by atoms with E-state index in [1.165, 1.54) is 0 Å². The maximum Gasteiger partial charge on any atom is 0.222 e. The number of nitrogens with two attached hydrogens (primary N) is 1. The lowest BCUT2D eigenvalue weighted by molar-refractivity contribution is -0.131. The zero-order valence-corrected chi connectivity index (χ0v) is 12.3. The van der Waals surface area contributed by atoms with Gasteiger partial charge in [0, 0.05) is 25.6 Å². The van der Waals surface area contributed by atoms with Crippen LogP contribution in [0.1, 0.15) is 44.2 Å². The predicted octanol–water partition coefficient (Wildman–Crippen LogP) is 2.42. The fourth-order valence-corrected chi connectivity index (χ4v) is 2.08. The second-order valence-corrected chi connectivity index (χ2v) is 5.05. The Morgan fingerprint density at radius 1 is 1.45 bits per heavy atom. The number of carbonyl (C=O) groups is 1. The van der Waals surface area contributed by atoms with E-state index in [4.69, 9.17) is 11.0 Å². The highest BCUT2D eigenvalue weighted by molar-refractivity contribution is 5.76. The van der Waals surface area contributed by atoms with E-state index in [9.17, 15) is 4.79 Å². The van der Waals surface area contributed by atoms with Crippen molar-refractivity contribution in [3.05, 3.63) is 35.4 Å². The summed E-state index contributed by atoms with van der Waals surface area (Å²) >= 11 is 0. The van der Waals surface area contributed by atoms with E-state index < -0.39 is 0 Å². The number of nitrogens with zero attached hydrogens (tertiary/aromatic N) is 2. The fraction of sp³-hybridized carbons (Fsp3) is 0.500. The van der Waals surface area contributed by atoms with Crippen molar-refractivity contribution in [1.29, 1.82) is 5.26 Å². The molecule has 2 N–H and O–H groups in total. The van der Waals surface area contributed by atoms with Gasteiger partial charge in [-0.25, -0.2) is 0 Å². The molecule has 0 aliphatic rings. The van der Waals surface area contributed by atoms with Crippen molar-refractivity contribution >= 4 is 5.91 Å². The van der Waals surface area contributed by atoms with Gasteiger partial charge in [0.1, 0.15) is 0 Å². The summed E-state index contributed by atoms with van der Waals surface area (Å²) in [6.07, 6.45) is 2.19. The number of benzene rings is 1. The molecule has 4 heteroatoms. The van der Waals surface area contributed by atoms with Crippen LogP contribution in [-0.2, 0) is 11.3 Å². The molecule has 0 aromatic heterocycles. The summed E-state index contributed by atoms with van der Waals surface area (Å²) in [5, 5.41) is 9.08. The largest absolute Gasteiger partial charge is 0.339 e. The van der Waals surface area contributed by atoms with Crippen molar-refractivity contribution in [2.45, 2.75) is 45.7 Å². The summed E-state index contributed by atoms with van der Waals surface area (Å²) in [5.74, 6) is 0.126. The van der Waals surface area contributed by atoms with Crippen LogP contribution >= 0.6 is 0 Å². The van der Waals surface area contributed by atoms with Crippen molar-refractivity contribution in [2.75, 3.05) is 6.54 Å². The molecule has 1 unspecified atom stereocenters. The molecule has 0 aliphatic heterocycles. The second kappa shape index (κ2) is 8.34. The van der Waals surface area contributed by atoms with Crippen LogP contribution in [-0.4, -0.2) is 23.4 Å². The standard InChI is InChI=1S/C16H23N3O/c1-3-19(16(20)10-6-7-13(2)18)12-15-9-5-4-8-14(15)11-17/h4-5,8-9,13H,3,6-7,10,12,18H2,1-2H3. The zero-order chi connectivity index (χ0) is 15.0. The van der Waals surface area contributed by atoms with Crippen molar-refractivity contribution in [1.82, 2.24) is 4.90 Å². The van der Waals surface area contributed by atoms with Gasteiger partial charge in [0.05, 0.1) is 11.6 Å². The molecule has 0 saturated heterocycles. The Morgan fingerprint density at radius 2 is 2.15 bits per heavy atom. The first-order valence-electron chi connectivity index (χ1n) is 7.09. The molecule has 0 aliphatic carbocycles. The highest BCUT2D eigenvalue weighted by atomic mass is 16.2. The molecule has 0 bridgehead atoms. The Balaban J connectivity index is 2.62. The van der Waals surface area contributed by atoms with Crippen molar-refractivity contribution in [2.24, 2.45) is 5.73 Å². The predicted molar refractivity (Wildman–Crippen MR) is 79.7 cm³/mol. The van der Waals surface area contributed by atoms with Crippen LogP contribution in [0.15, 0.2) is 24.3 Å². The Labute approximate surface area is 121 Å². The molecule has 0 spiro atoms. The van der Waals surface area contributed by atoms with Crippen molar-refractivity contribution in [3.63, 3.8) is 0 Å². The number of nitriles is 1. The first-order valence-corrected chi connectivity index (χ1v) is 7.09. The lowest BCUT2D eigenvalue weighted by Gasteiger charge is -2.21. The maximum absolute atomic E-state index is 12.2. The number of hydrogen-bond acceptors (Lipinski definition) is 3. The molecule has 1 aromatic carbocycles. The van der Waals surface area contributed by atoms with Gasteiger partial charge in [-0.15, -0.1) is 0 Å². The van der Waals surface area contributed by atoms with Crippen LogP contribution in [0.2, 0.25) is 0 Å². The molecule has 0 radical (unpaired) electrons. The topological polar surface area (TPSA) is 70.1 Å². The highest BCUT2D eigenvalue weighted by Crippen LogP contribution is 2.12. The SMILES string of the molecule is CCN(Cc1ccccc1C#N)C(=O)CCCC(C)N. The Kier molecular flexibility index (Phi) is 6.75. The summed E-state index contributed by atoms with van der Waals surface area (Å²) in [7, 11) is 0.